The van der Waals surface area contributed by atoms with E-state index in [-0.39, 0.29) is 36.6 Å². The molecule has 11 nitrogen and oxygen atoms in total. The van der Waals surface area contributed by atoms with Crippen molar-refractivity contribution < 1.29 is 33.8 Å². The van der Waals surface area contributed by atoms with E-state index in [4.69, 9.17) is 10.5 Å². The average Bonchev–Trinajstić information content (AvgIpc) is 3.35. The number of hydrogen-bond donors (Lipinski definition) is 4. The lowest BCUT2D eigenvalue weighted by atomic mass is 10.0. The Morgan fingerprint density at radius 2 is 1.76 bits per heavy atom. The molecule has 1 aromatic rings. The second kappa shape index (κ2) is 14.5. The number of nitrogens with zero attached hydrogens (tertiary/aromatic N) is 1. The Hall–Kier alpha value is -3.47. The van der Waals surface area contributed by atoms with E-state index in [1.807, 2.05) is 19.9 Å². The van der Waals surface area contributed by atoms with E-state index in [0.29, 0.717) is 19.4 Å². The van der Waals surface area contributed by atoms with Gasteiger partial charge >= 0.3 is 11.9 Å². The third-order valence-electron chi connectivity index (χ3n) is 6.51. The predicted octanol–water partition coefficient (Wildman–Crippen LogP) is 0.847. The Bertz CT molecular complexity index is 983. The summed E-state index contributed by atoms with van der Waals surface area (Å²) in [5, 5.41) is 14.6. The van der Waals surface area contributed by atoms with Crippen LogP contribution in [0.1, 0.15) is 52.5 Å². The first kappa shape index (κ1) is 30.8. The van der Waals surface area contributed by atoms with Gasteiger partial charge in [0.2, 0.25) is 17.7 Å². The van der Waals surface area contributed by atoms with Gasteiger partial charge in [-0.25, -0.2) is 4.79 Å². The summed E-state index contributed by atoms with van der Waals surface area (Å²) >= 11 is 0. The van der Waals surface area contributed by atoms with Crippen LogP contribution in [0, 0.1) is 11.8 Å². The van der Waals surface area contributed by atoms with E-state index < -0.39 is 48.5 Å². The number of esters is 1. The minimum Gasteiger partial charge on any atom is -0.481 e. The highest BCUT2D eigenvalue weighted by atomic mass is 16.5. The zero-order valence-corrected chi connectivity index (χ0v) is 22.5. The minimum absolute atomic E-state index is 0.0921. The molecule has 1 heterocycles. The number of benzene rings is 1. The first-order valence-corrected chi connectivity index (χ1v) is 13.0. The highest BCUT2D eigenvalue weighted by Crippen LogP contribution is 2.26. The third kappa shape index (κ3) is 9.13. The predicted molar refractivity (Wildman–Crippen MR) is 140 cm³/mol. The van der Waals surface area contributed by atoms with Crippen molar-refractivity contribution in [3.05, 3.63) is 35.9 Å². The first-order chi connectivity index (χ1) is 17.9. The molecule has 0 aromatic heterocycles. The van der Waals surface area contributed by atoms with Crippen LogP contribution in [0.5, 0.6) is 0 Å². The summed E-state index contributed by atoms with van der Waals surface area (Å²) in [7, 11) is 0. The molecule has 3 amide bonds. The third-order valence-corrected chi connectivity index (χ3v) is 6.51. The van der Waals surface area contributed by atoms with Gasteiger partial charge in [0, 0.05) is 18.9 Å². The Morgan fingerprint density at radius 1 is 1.11 bits per heavy atom. The van der Waals surface area contributed by atoms with Crippen LogP contribution >= 0.6 is 0 Å². The Morgan fingerprint density at radius 3 is 2.34 bits per heavy atom. The molecule has 5 N–H and O–H groups in total. The van der Waals surface area contributed by atoms with Crippen LogP contribution in [-0.2, 0) is 35.1 Å². The van der Waals surface area contributed by atoms with Crippen molar-refractivity contribution in [2.24, 2.45) is 17.6 Å². The zero-order chi connectivity index (χ0) is 28.4. The number of aliphatic carboxylic acids is 1. The van der Waals surface area contributed by atoms with Crippen molar-refractivity contribution in [3.63, 3.8) is 0 Å². The molecule has 0 spiro atoms. The van der Waals surface area contributed by atoms with Crippen LogP contribution in [0.3, 0.4) is 0 Å². The van der Waals surface area contributed by atoms with E-state index in [1.54, 1.807) is 38.1 Å². The summed E-state index contributed by atoms with van der Waals surface area (Å²) in [6.07, 6.45) is -0.461. The van der Waals surface area contributed by atoms with Crippen LogP contribution < -0.4 is 16.4 Å². The topological polar surface area (TPSA) is 168 Å². The second-order valence-corrected chi connectivity index (χ2v) is 10.3. The molecule has 0 saturated carbocycles. The molecule has 11 heteroatoms. The molecular weight excluding hydrogens is 492 g/mol. The number of amides is 3. The highest BCUT2D eigenvalue weighted by molar-refractivity contribution is 5.89. The number of carboxylic acid groups (broad SMARTS) is 1. The van der Waals surface area contributed by atoms with E-state index in [1.165, 1.54) is 4.90 Å². The molecular formula is C27H40N4O7. The highest BCUT2D eigenvalue weighted by Gasteiger charge is 2.41. The number of hydrogen-bond acceptors (Lipinski definition) is 7. The monoisotopic (exact) mass is 532 g/mol. The fourth-order valence-corrected chi connectivity index (χ4v) is 4.25. The Kier molecular flexibility index (Phi) is 11.7. The number of nitrogens with two attached hydrogens (primary N) is 1. The molecule has 4 unspecified atom stereocenters. The Labute approximate surface area is 223 Å². The van der Waals surface area contributed by atoms with Crippen molar-refractivity contribution in [2.75, 3.05) is 13.1 Å². The molecule has 0 bridgehead atoms. The quantitative estimate of drug-likeness (QED) is 0.271. The van der Waals surface area contributed by atoms with Gasteiger partial charge in [-0.3, -0.25) is 19.2 Å². The van der Waals surface area contributed by atoms with Gasteiger partial charge in [0.15, 0.2) is 0 Å². The van der Waals surface area contributed by atoms with Crippen LogP contribution in [-0.4, -0.2) is 77.0 Å². The van der Waals surface area contributed by atoms with Gasteiger partial charge in [0.25, 0.3) is 0 Å². The van der Waals surface area contributed by atoms with Crippen molar-refractivity contribution in [2.45, 2.75) is 77.6 Å². The molecule has 2 rings (SSSR count). The molecule has 4 atom stereocenters. The number of likely N-dealkylation sites (tertiary alicyclic amines) is 1. The molecule has 1 aliphatic rings. The smallest absolute Gasteiger partial charge is 0.329 e. The molecule has 0 aliphatic carbocycles. The summed E-state index contributed by atoms with van der Waals surface area (Å²) < 4.78 is 5.71. The normalized spacial score (nSPS) is 17.6. The Balaban J connectivity index is 2.22. The molecule has 1 aliphatic heterocycles. The van der Waals surface area contributed by atoms with E-state index >= 15 is 0 Å². The van der Waals surface area contributed by atoms with Crippen molar-refractivity contribution in [3.8, 4) is 0 Å². The summed E-state index contributed by atoms with van der Waals surface area (Å²) in [4.78, 5) is 64.0. The van der Waals surface area contributed by atoms with Crippen LogP contribution in [0.15, 0.2) is 30.3 Å². The summed E-state index contributed by atoms with van der Waals surface area (Å²) in [6, 6.07) is 6.41. The molecule has 1 aromatic carbocycles. The number of nitrogens with one attached hydrogen (secondary N) is 2. The van der Waals surface area contributed by atoms with Crippen LogP contribution in [0.2, 0.25) is 0 Å². The zero-order valence-electron chi connectivity index (χ0n) is 22.5. The van der Waals surface area contributed by atoms with Gasteiger partial charge in [-0.2, -0.15) is 0 Å². The van der Waals surface area contributed by atoms with Gasteiger partial charge in [0.05, 0.1) is 25.0 Å². The van der Waals surface area contributed by atoms with Gasteiger partial charge in [-0.05, 0) is 24.3 Å². The average molecular weight is 533 g/mol. The molecule has 1 saturated heterocycles. The largest absolute Gasteiger partial charge is 0.481 e. The lowest BCUT2D eigenvalue weighted by Gasteiger charge is -2.33. The van der Waals surface area contributed by atoms with Crippen LogP contribution in [0.25, 0.3) is 0 Å². The molecule has 1 fully saturated rings. The maximum atomic E-state index is 13.4. The first-order valence-electron chi connectivity index (χ1n) is 13.0. The number of ether oxygens (including phenoxy) is 1. The molecule has 0 radical (unpaired) electrons. The summed E-state index contributed by atoms with van der Waals surface area (Å²) in [5.41, 5.74) is 6.82. The van der Waals surface area contributed by atoms with Crippen LogP contribution in [0.4, 0.5) is 0 Å². The van der Waals surface area contributed by atoms with E-state index in [2.05, 4.69) is 10.6 Å². The molecule has 210 valence electrons. The van der Waals surface area contributed by atoms with Crippen molar-refractivity contribution >= 4 is 29.7 Å². The van der Waals surface area contributed by atoms with E-state index in [0.717, 1.165) is 5.56 Å². The number of carbonyl (C=O) groups is 5. The fourth-order valence-electron chi connectivity index (χ4n) is 4.25. The van der Waals surface area contributed by atoms with Gasteiger partial charge in [-0.15, -0.1) is 0 Å². The van der Waals surface area contributed by atoms with Crippen molar-refractivity contribution in [1.29, 1.82) is 0 Å². The number of rotatable bonds is 13. The lowest BCUT2D eigenvalue weighted by Crippen LogP contribution is -2.54. The SMILES string of the molecule is CC(C)C(=O)NCC(=O)NC(Cc1ccccc1)C(=O)OC(CC(=O)O)C1CCCN1C(=O)C(N)C(C)C. The maximum Gasteiger partial charge on any atom is 0.329 e. The minimum atomic E-state index is -1.18. The van der Waals surface area contributed by atoms with Gasteiger partial charge in [0.1, 0.15) is 12.1 Å². The van der Waals surface area contributed by atoms with Gasteiger partial charge in [-0.1, -0.05) is 58.0 Å². The van der Waals surface area contributed by atoms with Crippen molar-refractivity contribution in [1.82, 2.24) is 15.5 Å². The van der Waals surface area contributed by atoms with E-state index in [9.17, 15) is 29.1 Å². The summed E-state index contributed by atoms with van der Waals surface area (Å²) in [6.45, 7) is 7.09. The maximum absolute atomic E-state index is 13.4. The number of carbonyl (C=O) groups excluding carboxylic acids is 4. The number of carboxylic acids is 1. The summed E-state index contributed by atoms with van der Waals surface area (Å²) in [5.74, 6) is -3.66. The fraction of sp³-hybridized carbons (Fsp3) is 0.593. The lowest BCUT2D eigenvalue weighted by molar-refractivity contribution is -0.161. The molecule has 38 heavy (non-hydrogen) atoms. The second-order valence-electron chi connectivity index (χ2n) is 10.3. The van der Waals surface area contributed by atoms with Gasteiger partial charge < -0.3 is 31.1 Å². The standard InChI is InChI=1S/C27H40N4O7/c1-16(2)24(28)26(36)31-12-8-11-20(31)21(14-23(33)34)38-27(37)19(13-18-9-6-5-7-10-18)30-22(32)15-29-25(35)17(3)4/h5-7,9-10,16-17,19-21,24H,8,11-15,28H2,1-4H3,(H,29,35)(H,30,32)(H,33,34).